The van der Waals surface area contributed by atoms with Gasteiger partial charge in [0.1, 0.15) is 0 Å². The standard InChI is InChI=1S/C17H16F2O3/c1-2-3-8-21-13-7-6-12-11-5-4-10(9-20)14(18)16(11)22-17(12)15(13)19/h4-7,20H,2-3,8-9H2,1H3. The number of furan rings is 1. The average Bonchev–Trinajstić information content (AvgIpc) is 2.91. The summed E-state index contributed by atoms with van der Waals surface area (Å²) >= 11 is 0. The van der Waals surface area contributed by atoms with Gasteiger partial charge in [0.2, 0.25) is 5.82 Å². The van der Waals surface area contributed by atoms with Gasteiger partial charge in [-0.2, -0.15) is 4.39 Å². The van der Waals surface area contributed by atoms with Gasteiger partial charge in [-0.05, 0) is 24.6 Å². The Hall–Kier alpha value is -2.14. The predicted molar refractivity (Wildman–Crippen MR) is 80.0 cm³/mol. The van der Waals surface area contributed by atoms with Gasteiger partial charge in [0.15, 0.2) is 22.7 Å². The molecule has 0 spiro atoms. The topological polar surface area (TPSA) is 42.6 Å². The molecule has 1 heterocycles. The van der Waals surface area contributed by atoms with Crippen LogP contribution in [-0.2, 0) is 6.61 Å². The molecule has 1 aromatic heterocycles. The van der Waals surface area contributed by atoms with Gasteiger partial charge >= 0.3 is 0 Å². The van der Waals surface area contributed by atoms with Crippen LogP contribution in [0.4, 0.5) is 8.78 Å². The van der Waals surface area contributed by atoms with Gasteiger partial charge in [-0.1, -0.05) is 19.4 Å². The van der Waals surface area contributed by atoms with Crippen LogP contribution in [0, 0.1) is 11.6 Å². The molecule has 0 saturated carbocycles. The fourth-order valence-corrected chi connectivity index (χ4v) is 2.42. The molecule has 0 fully saturated rings. The maximum Gasteiger partial charge on any atom is 0.208 e. The minimum Gasteiger partial charge on any atom is -0.490 e. The molecule has 116 valence electrons. The lowest BCUT2D eigenvalue weighted by atomic mass is 10.1. The van der Waals surface area contributed by atoms with Gasteiger partial charge in [-0.25, -0.2) is 4.39 Å². The maximum atomic E-state index is 14.5. The lowest BCUT2D eigenvalue weighted by molar-refractivity contribution is 0.275. The van der Waals surface area contributed by atoms with Crippen molar-refractivity contribution >= 4 is 21.9 Å². The zero-order valence-electron chi connectivity index (χ0n) is 12.2. The Bertz CT molecular complexity index is 824. The predicted octanol–water partition coefficient (Wildman–Crippen LogP) is 4.54. The molecule has 1 N–H and O–H groups in total. The molecule has 22 heavy (non-hydrogen) atoms. The van der Waals surface area contributed by atoms with E-state index in [1.54, 1.807) is 12.1 Å². The quantitative estimate of drug-likeness (QED) is 0.704. The molecule has 0 atom stereocenters. The number of aliphatic hydroxyl groups is 1. The molecular formula is C17H16F2O3. The largest absolute Gasteiger partial charge is 0.490 e. The van der Waals surface area contributed by atoms with Crippen molar-refractivity contribution in [3.63, 3.8) is 0 Å². The third kappa shape index (κ3) is 2.31. The molecule has 0 aliphatic rings. The number of unbranched alkanes of at least 4 members (excludes halogenated alkanes) is 1. The monoisotopic (exact) mass is 306 g/mol. The highest BCUT2D eigenvalue weighted by Gasteiger charge is 2.19. The van der Waals surface area contributed by atoms with Crippen LogP contribution < -0.4 is 4.74 Å². The molecule has 0 aliphatic carbocycles. The first-order valence-electron chi connectivity index (χ1n) is 7.23. The summed E-state index contributed by atoms with van der Waals surface area (Å²) in [7, 11) is 0. The third-order valence-electron chi connectivity index (χ3n) is 3.66. The number of fused-ring (bicyclic) bond motifs is 3. The van der Waals surface area contributed by atoms with Crippen molar-refractivity contribution in [2.24, 2.45) is 0 Å². The summed E-state index contributed by atoms with van der Waals surface area (Å²) in [4.78, 5) is 0. The van der Waals surface area contributed by atoms with E-state index >= 15 is 0 Å². The van der Waals surface area contributed by atoms with Crippen LogP contribution in [-0.4, -0.2) is 11.7 Å². The van der Waals surface area contributed by atoms with E-state index < -0.39 is 18.2 Å². The number of aliphatic hydroxyl groups excluding tert-OH is 1. The Kier molecular flexibility index (Phi) is 3.98. The van der Waals surface area contributed by atoms with Gasteiger partial charge in [0.05, 0.1) is 13.2 Å². The number of benzene rings is 2. The van der Waals surface area contributed by atoms with E-state index in [0.29, 0.717) is 17.4 Å². The van der Waals surface area contributed by atoms with E-state index in [9.17, 15) is 8.78 Å². The molecule has 0 unspecified atom stereocenters. The maximum absolute atomic E-state index is 14.5. The van der Waals surface area contributed by atoms with Crippen LogP contribution >= 0.6 is 0 Å². The molecule has 0 radical (unpaired) electrons. The summed E-state index contributed by atoms with van der Waals surface area (Å²) < 4.78 is 39.4. The Morgan fingerprint density at radius 3 is 2.41 bits per heavy atom. The van der Waals surface area contributed by atoms with Crippen LogP contribution in [0.3, 0.4) is 0 Å². The second-order valence-electron chi connectivity index (χ2n) is 5.13. The van der Waals surface area contributed by atoms with Crippen molar-refractivity contribution in [1.29, 1.82) is 0 Å². The minimum absolute atomic E-state index is 0.0296. The molecular weight excluding hydrogens is 290 g/mol. The number of hydrogen-bond donors (Lipinski definition) is 1. The smallest absolute Gasteiger partial charge is 0.208 e. The Morgan fingerprint density at radius 1 is 1.05 bits per heavy atom. The first-order chi connectivity index (χ1) is 10.7. The molecule has 2 aromatic carbocycles. The van der Waals surface area contributed by atoms with Crippen LogP contribution in [0.5, 0.6) is 5.75 Å². The first-order valence-corrected chi connectivity index (χ1v) is 7.23. The van der Waals surface area contributed by atoms with Gasteiger partial charge in [-0.15, -0.1) is 0 Å². The lowest BCUT2D eigenvalue weighted by Crippen LogP contribution is -1.98. The fraction of sp³-hybridized carbons (Fsp3) is 0.294. The summed E-state index contributed by atoms with van der Waals surface area (Å²) in [6, 6.07) is 6.27. The van der Waals surface area contributed by atoms with E-state index in [1.165, 1.54) is 12.1 Å². The number of halogens is 2. The molecule has 0 bridgehead atoms. The van der Waals surface area contributed by atoms with E-state index in [0.717, 1.165) is 12.8 Å². The van der Waals surface area contributed by atoms with Crippen molar-refractivity contribution < 1.29 is 23.0 Å². The fourth-order valence-electron chi connectivity index (χ4n) is 2.42. The van der Waals surface area contributed by atoms with Gasteiger partial charge < -0.3 is 14.3 Å². The summed E-state index contributed by atoms with van der Waals surface area (Å²) in [5, 5.41) is 10.1. The highest BCUT2D eigenvalue weighted by atomic mass is 19.1. The lowest BCUT2D eigenvalue weighted by Gasteiger charge is -2.06. The first kappa shape index (κ1) is 14.8. The zero-order valence-corrected chi connectivity index (χ0v) is 12.2. The van der Waals surface area contributed by atoms with Crippen LogP contribution in [0.1, 0.15) is 25.3 Å². The second kappa shape index (κ2) is 5.93. The Labute approximate surface area is 126 Å². The minimum atomic E-state index is -0.663. The molecule has 5 heteroatoms. The zero-order chi connectivity index (χ0) is 15.7. The molecule has 3 nitrogen and oxygen atoms in total. The average molecular weight is 306 g/mol. The van der Waals surface area contributed by atoms with Crippen LogP contribution in [0.2, 0.25) is 0 Å². The Morgan fingerprint density at radius 2 is 1.73 bits per heavy atom. The van der Waals surface area contributed by atoms with Crippen molar-refractivity contribution in [3.05, 3.63) is 41.5 Å². The van der Waals surface area contributed by atoms with Crippen molar-refractivity contribution in [2.75, 3.05) is 6.61 Å². The summed E-state index contributed by atoms with van der Waals surface area (Å²) in [6.45, 7) is 2.00. The summed E-state index contributed by atoms with van der Waals surface area (Å²) in [5.41, 5.74) is 0.0375. The van der Waals surface area contributed by atoms with Crippen LogP contribution in [0.15, 0.2) is 28.7 Å². The Balaban J connectivity index is 2.14. The molecule has 0 saturated heterocycles. The third-order valence-corrected chi connectivity index (χ3v) is 3.66. The second-order valence-corrected chi connectivity index (χ2v) is 5.13. The normalized spacial score (nSPS) is 11.5. The van der Waals surface area contributed by atoms with Gasteiger partial charge in [0.25, 0.3) is 0 Å². The van der Waals surface area contributed by atoms with E-state index in [1.807, 2.05) is 6.92 Å². The summed E-state index contributed by atoms with van der Waals surface area (Å²) in [6.07, 6.45) is 1.77. The van der Waals surface area contributed by atoms with Crippen molar-refractivity contribution in [1.82, 2.24) is 0 Å². The molecule has 0 amide bonds. The molecule has 0 aliphatic heterocycles. The number of hydrogen-bond acceptors (Lipinski definition) is 3. The molecule has 3 aromatic rings. The van der Waals surface area contributed by atoms with E-state index in [-0.39, 0.29) is 22.5 Å². The molecule has 3 rings (SSSR count). The van der Waals surface area contributed by atoms with Crippen molar-refractivity contribution in [3.8, 4) is 5.75 Å². The van der Waals surface area contributed by atoms with Crippen LogP contribution in [0.25, 0.3) is 21.9 Å². The van der Waals surface area contributed by atoms with Gasteiger partial charge in [0, 0.05) is 16.3 Å². The van der Waals surface area contributed by atoms with Gasteiger partial charge in [-0.3, -0.25) is 0 Å². The highest BCUT2D eigenvalue weighted by Crippen LogP contribution is 2.36. The number of ether oxygens (including phenoxy) is 1. The SMILES string of the molecule is CCCCOc1ccc2c(oc3c(F)c(CO)ccc32)c1F. The van der Waals surface area contributed by atoms with E-state index in [2.05, 4.69) is 0 Å². The highest BCUT2D eigenvalue weighted by molar-refractivity contribution is 6.05. The van der Waals surface area contributed by atoms with Crippen molar-refractivity contribution in [2.45, 2.75) is 26.4 Å². The van der Waals surface area contributed by atoms with E-state index in [4.69, 9.17) is 14.3 Å². The number of rotatable bonds is 5. The summed E-state index contributed by atoms with van der Waals surface area (Å²) in [5.74, 6) is -1.19.